The minimum absolute atomic E-state index is 0.118. The number of rotatable bonds is 2. The molecule has 1 atom stereocenters. The molecule has 3 heterocycles. The second-order valence-corrected chi connectivity index (χ2v) is 6.22. The van der Waals surface area contributed by atoms with Crippen LogP contribution in [0.5, 0.6) is 0 Å². The summed E-state index contributed by atoms with van der Waals surface area (Å²) >= 11 is 0. The maximum absolute atomic E-state index is 12.8. The van der Waals surface area contributed by atoms with Gasteiger partial charge >= 0.3 is 6.18 Å². The molecule has 1 N–H and O–H groups in total. The zero-order chi connectivity index (χ0) is 17.5. The van der Waals surface area contributed by atoms with Gasteiger partial charge in [-0.3, -0.25) is 4.79 Å². The van der Waals surface area contributed by atoms with Gasteiger partial charge in [0.15, 0.2) is 5.69 Å². The average molecular weight is 340 g/mol. The van der Waals surface area contributed by atoms with Crippen LogP contribution in [0.3, 0.4) is 0 Å². The highest BCUT2D eigenvalue weighted by atomic mass is 19.4. The molecule has 0 radical (unpaired) electrons. The zero-order valence-electron chi connectivity index (χ0n) is 13.5. The van der Waals surface area contributed by atoms with Crippen molar-refractivity contribution in [1.29, 1.82) is 0 Å². The van der Waals surface area contributed by atoms with E-state index in [4.69, 9.17) is 0 Å². The summed E-state index contributed by atoms with van der Waals surface area (Å²) in [5.74, 6) is 0.0644. The summed E-state index contributed by atoms with van der Waals surface area (Å²) in [5.41, 5.74) is 0.508. The maximum Gasteiger partial charge on any atom is 0.434 e. The second-order valence-electron chi connectivity index (χ2n) is 6.22. The van der Waals surface area contributed by atoms with Crippen LogP contribution in [0.4, 0.5) is 13.2 Å². The fraction of sp³-hybridized carbons (Fsp3) is 0.500. The molecule has 0 spiro atoms. The Balaban J connectivity index is 1.80. The fourth-order valence-corrected chi connectivity index (χ4v) is 3.20. The van der Waals surface area contributed by atoms with Crippen LogP contribution in [0.2, 0.25) is 0 Å². The van der Waals surface area contributed by atoms with E-state index in [2.05, 4.69) is 9.97 Å². The number of aryl methyl sites for hydroxylation is 2. The third-order valence-corrected chi connectivity index (χ3v) is 4.45. The topological polar surface area (TPSA) is 53.9 Å². The van der Waals surface area contributed by atoms with Gasteiger partial charge in [0.2, 0.25) is 0 Å². The van der Waals surface area contributed by atoms with Gasteiger partial charge in [0.1, 0.15) is 11.5 Å². The van der Waals surface area contributed by atoms with Crippen LogP contribution in [0.25, 0.3) is 0 Å². The summed E-state index contributed by atoms with van der Waals surface area (Å²) in [6.45, 7) is 2.82. The molecule has 1 saturated heterocycles. The molecular weight excluding hydrogens is 321 g/mol. The van der Waals surface area contributed by atoms with Crippen molar-refractivity contribution in [2.24, 2.45) is 7.05 Å². The van der Waals surface area contributed by atoms with Gasteiger partial charge in [0, 0.05) is 38.4 Å². The van der Waals surface area contributed by atoms with Crippen LogP contribution in [0.15, 0.2) is 18.5 Å². The smallest absolute Gasteiger partial charge is 0.357 e. The number of carbonyl (C=O) groups is 1. The van der Waals surface area contributed by atoms with Crippen molar-refractivity contribution < 1.29 is 18.0 Å². The minimum Gasteiger partial charge on any atom is -0.357 e. The first kappa shape index (κ1) is 16.6. The summed E-state index contributed by atoms with van der Waals surface area (Å²) in [7, 11) is 1.56. The van der Waals surface area contributed by atoms with E-state index >= 15 is 0 Å². The molecule has 3 rings (SSSR count). The average Bonchev–Trinajstić information content (AvgIpc) is 3.12. The second kappa shape index (κ2) is 5.99. The van der Waals surface area contributed by atoms with E-state index in [0.717, 1.165) is 24.6 Å². The number of nitrogens with one attached hydrogen (secondary N) is 1. The Kier molecular flexibility index (Phi) is 4.15. The molecule has 2 aromatic rings. The van der Waals surface area contributed by atoms with E-state index in [0.29, 0.717) is 24.6 Å². The summed E-state index contributed by atoms with van der Waals surface area (Å²) < 4.78 is 39.9. The van der Waals surface area contributed by atoms with E-state index in [9.17, 15) is 18.0 Å². The number of carbonyl (C=O) groups excluding carboxylic acids is 1. The number of halogens is 3. The van der Waals surface area contributed by atoms with Crippen LogP contribution < -0.4 is 0 Å². The number of alkyl halides is 3. The monoisotopic (exact) mass is 340 g/mol. The third-order valence-electron chi connectivity index (χ3n) is 4.45. The predicted molar refractivity (Wildman–Crippen MR) is 81.6 cm³/mol. The van der Waals surface area contributed by atoms with Crippen molar-refractivity contribution in [2.45, 2.75) is 31.9 Å². The predicted octanol–water partition coefficient (Wildman–Crippen LogP) is 3.10. The molecule has 1 aliphatic rings. The molecule has 1 fully saturated rings. The number of hydrogen-bond acceptors (Lipinski definition) is 2. The van der Waals surface area contributed by atoms with Crippen molar-refractivity contribution >= 4 is 5.91 Å². The number of H-pyrrole nitrogens is 1. The van der Waals surface area contributed by atoms with Crippen molar-refractivity contribution in [1.82, 2.24) is 19.4 Å². The third kappa shape index (κ3) is 3.05. The molecule has 5 nitrogen and oxygen atoms in total. The Morgan fingerprint density at radius 3 is 2.75 bits per heavy atom. The van der Waals surface area contributed by atoms with Crippen molar-refractivity contribution in [3.63, 3.8) is 0 Å². The van der Waals surface area contributed by atoms with Gasteiger partial charge in [-0.25, -0.2) is 4.98 Å². The van der Waals surface area contributed by atoms with Gasteiger partial charge in [-0.2, -0.15) is 13.2 Å². The first-order valence-electron chi connectivity index (χ1n) is 7.81. The Hall–Kier alpha value is -2.25. The molecule has 0 aliphatic carbocycles. The summed E-state index contributed by atoms with van der Waals surface area (Å²) in [4.78, 5) is 21.0. The molecule has 8 heteroatoms. The summed E-state index contributed by atoms with van der Waals surface area (Å²) in [6.07, 6.45) is -0.287. The SMILES string of the molecule is Cc1cc[nH]c1C(=O)N1CCC[C@H](c2nc(C(F)(F)F)cn2C)C1. The van der Waals surface area contributed by atoms with Crippen LogP contribution in [0.1, 0.15) is 46.3 Å². The maximum atomic E-state index is 12.8. The van der Waals surface area contributed by atoms with Crippen molar-refractivity contribution in [2.75, 3.05) is 13.1 Å². The number of likely N-dealkylation sites (tertiary alicyclic amines) is 1. The molecule has 1 aliphatic heterocycles. The fourth-order valence-electron chi connectivity index (χ4n) is 3.20. The zero-order valence-corrected chi connectivity index (χ0v) is 13.5. The van der Waals surface area contributed by atoms with Gasteiger partial charge in [-0.05, 0) is 31.4 Å². The lowest BCUT2D eigenvalue weighted by Gasteiger charge is -2.32. The van der Waals surface area contributed by atoms with Gasteiger partial charge in [-0.1, -0.05) is 0 Å². The van der Waals surface area contributed by atoms with E-state index in [1.165, 1.54) is 4.57 Å². The van der Waals surface area contributed by atoms with Crippen molar-refractivity contribution in [3.05, 3.63) is 41.2 Å². The highest BCUT2D eigenvalue weighted by Gasteiger charge is 2.36. The lowest BCUT2D eigenvalue weighted by molar-refractivity contribution is -0.141. The minimum atomic E-state index is -4.46. The van der Waals surface area contributed by atoms with Crippen LogP contribution in [-0.2, 0) is 13.2 Å². The van der Waals surface area contributed by atoms with E-state index in [1.54, 1.807) is 18.1 Å². The quantitative estimate of drug-likeness (QED) is 0.913. The summed E-state index contributed by atoms with van der Waals surface area (Å²) in [5, 5.41) is 0. The van der Waals surface area contributed by atoms with Crippen LogP contribution in [-0.4, -0.2) is 38.4 Å². The largest absolute Gasteiger partial charge is 0.434 e. The molecular formula is C16H19F3N4O. The van der Waals surface area contributed by atoms with Gasteiger partial charge < -0.3 is 14.5 Å². The number of imidazole rings is 1. The molecule has 1 amide bonds. The van der Waals surface area contributed by atoms with E-state index in [1.807, 2.05) is 13.0 Å². The lowest BCUT2D eigenvalue weighted by Crippen LogP contribution is -2.40. The van der Waals surface area contributed by atoms with E-state index in [-0.39, 0.29) is 11.8 Å². The molecule has 0 bridgehead atoms. The summed E-state index contributed by atoms with van der Waals surface area (Å²) in [6, 6.07) is 1.82. The normalized spacial score (nSPS) is 18.9. The van der Waals surface area contributed by atoms with Gasteiger partial charge in [-0.15, -0.1) is 0 Å². The molecule has 0 unspecified atom stereocenters. The standard InChI is InChI=1S/C16H19F3N4O/c1-10-5-6-20-13(10)15(24)23-7-3-4-11(8-23)14-21-12(9-22(14)2)16(17,18)19/h5-6,9,11,20H,3-4,7-8H2,1-2H3/t11-/m0/s1. The number of piperidine rings is 1. The number of hydrogen-bond donors (Lipinski definition) is 1. The van der Waals surface area contributed by atoms with Crippen molar-refractivity contribution in [3.8, 4) is 0 Å². The Morgan fingerprint density at radius 1 is 1.42 bits per heavy atom. The number of nitrogens with zero attached hydrogens (tertiary/aromatic N) is 3. The molecule has 24 heavy (non-hydrogen) atoms. The molecule has 0 aromatic carbocycles. The number of amides is 1. The first-order valence-corrected chi connectivity index (χ1v) is 7.81. The molecule has 0 saturated carbocycles. The van der Waals surface area contributed by atoms with Crippen LogP contribution in [0, 0.1) is 6.92 Å². The van der Waals surface area contributed by atoms with Crippen LogP contribution >= 0.6 is 0 Å². The Morgan fingerprint density at radius 2 is 2.17 bits per heavy atom. The highest BCUT2D eigenvalue weighted by molar-refractivity contribution is 5.93. The molecule has 130 valence electrons. The number of aromatic nitrogens is 3. The lowest BCUT2D eigenvalue weighted by atomic mass is 9.96. The first-order chi connectivity index (χ1) is 11.3. The Bertz CT molecular complexity index is 747. The number of aromatic amines is 1. The van der Waals surface area contributed by atoms with Gasteiger partial charge in [0.25, 0.3) is 5.91 Å². The van der Waals surface area contributed by atoms with E-state index < -0.39 is 11.9 Å². The molecule has 2 aromatic heterocycles. The van der Waals surface area contributed by atoms with Gasteiger partial charge in [0.05, 0.1) is 0 Å². The Labute approximate surface area is 137 Å². The highest BCUT2D eigenvalue weighted by Crippen LogP contribution is 2.32.